The number of alkyl halides is 3. The Labute approximate surface area is 101 Å². The lowest BCUT2D eigenvalue weighted by molar-refractivity contribution is -0.200. The molecule has 3 aliphatic rings. The number of carboxylic acid groups (broad SMARTS) is 1. The lowest BCUT2D eigenvalue weighted by Crippen LogP contribution is -2.50. The minimum atomic E-state index is -4.57. The predicted octanol–water partition coefficient (Wildman–Crippen LogP) is 1.26. The molecular weight excluding hydrogens is 251 g/mol. The van der Waals surface area contributed by atoms with Gasteiger partial charge in [-0.2, -0.15) is 13.2 Å². The van der Waals surface area contributed by atoms with E-state index in [4.69, 9.17) is 5.11 Å². The Bertz CT molecular complexity index is 430. The highest BCUT2D eigenvalue weighted by atomic mass is 19.4. The molecule has 0 aromatic rings. The lowest BCUT2D eigenvalue weighted by Gasteiger charge is -2.29. The van der Waals surface area contributed by atoms with Gasteiger partial charge in [-0.1, -0.05) is 0 Å². The highest BCUT2D eigenvalue weighted by molar-refractivity contribution is 5.91. The average Bonchev–Trinajstić information content (AvgIpc) is 3.13. The Morgan fingerprint density at radius 2 is 1.89 bits per heavy atom. The van der Waals surface area contributed by atoms with Crippen LogP contribution < -0.4 is 0 Å². The molecule has 0 radical (unpaired) electrons. The van der Waals surface area contributed by atoms with E-state index in [0.717, 1.165) is 4.90 Å². The monoisotopic (exact) mass is 263 g/mol. The van der Waals surface area contributed by atoms with Crippen LogP contribution in [0.3, 0.4) is 0 Å². The van der Waals surface area contributed by atoms with Crippen molar-refractivity contribution in [2.24, 2.45) is 17.3 Å². The fourth-order valence-electron chi connectivity index (χ4n) is 3.01. The molecule has 1 aliphatic heterocycles. The second-order valence-corrected chi connectivity index (χ2v) is 5.48. The fourth-order valence-corrected chi connectivity index (χ4v) is 3.01. The Kier molecular flexibility index (Phi) is 2.09. The van der Waals surface area contributed by atoms with Crippen molar-refractivity contribution in [2.45, 2.75) is 31.5 Å². The molecule has 4 nitrogen and oxygen atoms in total. The molecule has 100 valence electrons. The summed E-state index contributed by atoms with van der Waals surface area (Å²) in [5.41, 5.74) is -2.29. The van der Waals surface area contributed by atoms with E-state index < -0.39 is 29.5 Å². The van der Waals surface area contributed by atoms with E-state index in [1.807, 2.05) is 0 Å². The fraction of sp³-hybridized carbons (Fsp3) is 0.818. The highest BCUT2D eigenvalue weighted by Gasteiger charge is 2.71. The second kappa shape index (κ2) is 3.19. The SMILES string of the molecule is O=C(O)[C@@H]1C2CC2CN1C(=O)C1(C(F)(F)F)CC1. The number of carbonyl (C=O) groups excluding carboxylic acids is 1. The van der Waals surface area contributed by atoms with Crippen LogP contribution in [0.2, 0.25) is 0 Å². The largest absolute Gasteiger partial charge is 0.480 e. The van der Waals surface area contributed by atoms with E-state index in [9.17, 15) is 22.8 Å². The van der Waals surface area contributed by atoms with E-state index in [-0.39, 0.29) is 31.2 Å². The summed E-state index contributed by atoms with van der Waals surface area (Å²) in [6.07, 6.45) is -4.29. The molecule has 0 aromatic carbocycles. The number of carbonyl (C=O) groups is 2. The molecule has 2 saturated carbocycles. The van der Waals surface area contributed by atoms with Gasteiger partial charge in [0.1, 0.15) is 11.5 Å². The van der Waals surface area contributed by atoms with Gasteiger partial charge in [-0.25, -0.2) is 4.79 Å². The normalized spacial score (nSPS) is 36.2. The van der Waals surface area contributed by atoms with Crippen molar-refractivity contribution in [3.05, 3.63) is 0 Å². The molecule has 18 heavy (non-hydrogen) atoms. The number of halogens is 3. The van der Waals surface area contributed by atoms with Crippen LogP contribution in [-0.4, -0.2) is 40.6 Å². The summed E-state index contributed by atoms with van der Waals surface area (Å²) in [5.74, 6) is -2.28. The smallest absolute Gasteiger partial charge is 0.403 e. The number of likely N-dealkylation sites (tertiary alicyclic amines) is 1. The van der Waals surface area contributed by atoms with Gasteiger partial charge in [0.05, 0.1) is 0 Å². The maximum Gasteiger partial charge on any atom is 0.403 e. The van der Waals surface area contributed by atoms with Crippen molar-refractivity contribution in [2.75, 3.05) is 6.54 Å². The number of aliphatic carboxylic acids is 1. The average molecular weight is 263 g/mol. The van der Waals surface area contributed by atoms with Crippen molar-refractivity contribution in [3.8, 4) is 0 Å². The van der Waals surface area contributed by atoms with Gasteiger partial charge >= 0.3 is 12.1 Å². The number of nitrogens with zero attached hydrogens (tertiary/aromatic N) is 1. The molecule has 7 heteroatoms. The molecule has 0 spiro atoms. The molecule has 1 N–H and O–H groups in total. The van der Waals surface area contributed by atoms with Gasteiger partial charge in [-0.3, -0.25) is 4.79 Å². The van der Waals surface area contributed by atoms with Crippen LogP contribution in [-0.2, 0) is 9.59 Å². The quantitative estimate of drug-likeness (QED) is 0.816. The Morgan fingerprint density at radius 3 is 2.33 bits per heavy atom. The molecule has 2 unspecified atom stereocenters. The summed E-state index contributed by atoms with van der Waals surface area (Å²) in [6.45, 7) is 0.165. The van der Waals surface area contributed by atoms with E-state index in [2.05, 4.69) is 0 Å². The summed E-state index contributed by atoms with van der Waals surface area (Å²) in [6, 6.07) is -1.05. The van der Waals surface area contributed by atoms with Crippen LogP contribution in [0.15, 0.2) is 0 Å². The van der Waals surface area contributed by atoms with Crippen LogP contribution in [0.25, 0.3) is 0 Å². The third-order valence-corrected chi connectivity index (χ3v) is 4.37. The van der Waals surface area contributed by atoms with Crippen LogP contribution in [0.4, 0.5) is 13.2 Å². The zero-order chi connectivity index (χ0) is 13.3. The van der Waals surface area contributed by atoms with E-state index >= 15 is 0 Å². The number of hydrogen-bond acceptors (Lipinski definition) is 2. The maximum atomic E-state index is 12.8. The first-order chi connectivity index (χ1) is 8.28. The van der Waals surface area contributed by atoms with Crippen molar-refractivity contribution in [1.29, 1.82) is 0 Å². The molecule has 1 amide bonds. The molecule has 3 atom stereocenters. The van der Waals surface area contributed by atoms with E-state index in [0.29, 0.717) is 6.42 Å². The number of fused-ring (bicyclic) bond motifs is 1. The first kappa shape index (κ1) is 11.8. The minimum Gasteiger partial charge on any atom is -0.480 e. The maximum absolute atomic E-state index is 12.8. The molecule has 2 aliphatic carbocycles. The van der Waals surface area contributed by atoms with Gasteiger partial charge in [0.25, 0.3) is 0 Å². The van der Waals surface area contributed by atoms with Crippen LogP contribution in [0.1, 0.15) is 19.3 Å². The van der Waals surface area contributed by atoms with Gasteiger partial charge in [-0.15, -0.1) is 0 Å². The van der Waals surface area contributed by atoms with Gasteiger partial charge in [-0.05, 0) is 31.1 Å². The second-order valence-electron chi connectivity index (χ2n) is 5.48. The molecule has 0 aromatic heterocycles. The number of piperidine rings is 1. The topological polar surface area (TPSA) is 57.6 Å². The molecule has 3 rings (SSSR count). The van der Waals surface area contributed by atoms with Gasteiger partial charge < -0.3 is 10.0 Å². The van der Waals surface area contributed by atoms with Gasteiger partial charge in [0.15, 0.2) is 0 Å². The summed E-state index contributed by atoms with van der Waals surface area (Å²) < 4.78 is 38.5. The predicted molar refractivity (Wildman–Crippen MR) is 52.5 cm³/mol. The first-order valence-corrected chi connectivity index (χ1v) is 5.88. The van der Waals surface area contributed by atoms with E-state index in [1.165, 1.54) is 0 Å². The number of hydrogen-bond donors (Lipinski definition) is 1. The molecule has 1 saturated heterocycles. The summed E-state index contributed by atoms with van der Waals surface area (Å²) in [7, 11) is 0. The Balaban J connectivity index is 1.84. The minimum absolute atomic E-state index is 0.0825. The van der Waals surface area contributed by atoms with Crippen LogP contribution in [0, 0.1) is 17.3 Å². The molecular formula is C11H12F3NO3. The first-order valence-electron chi connectivity index (χ1n) is 5.88. The number of rotatable bonds is 2. The van der Waals surface area contributed by atoms with Crippen molar-refractivity contribution in [1.82, 2.24) is 4.90 Å². The Hall–Kier alpha value is -1.27. The Morgan fingerprint density at radius 1 is 1.28 bits per heavy atom. The number of amides is 1. The third-order valence-electron chi connectivity index (χ3n) is 4.37. The molecule has 0 bridgehead atoms. The standard InChI is InChI=1S/C11H12F3NO3/c12-11(13,14)10(1-2-10)9(18)15-4-5-3-6(5)7(15)8(16)17/h5-7H,1-4H2,(H,16,17)/t5?,6?,7-/m0/s1. The van der Waals surface area contributed by atoms with Gasteiger partial charge in [0, 0.05) is 6.54 Å². The van der Waals surface area contributed by atoms with Gasteiger partial charge in [0.2, 0.25) is 5.91 Å². The van der Waals surface area contributed by atoms with Crippen LogP contribution >= 0.6 is 0 Å². The van der Waals surface area contributed by atoms with Crippen molar-refractivity contribution >= 4 is 11.9 Å². The highest BCUT2D eigenvalue weighted by Crippen LogP contribution is 2.60. The van der Waals surface area contributed by atoms with E-state index in [1.54, 1.807) is 0 Å². The summed E-state index contributed by atoms with van der Waals surface area (Å²) >= 11 is 0. The third kappa shape index (κ3) is 1.39. The molecule has 1 heterocycles. The summed E-state index contributed by atoms with van der Waals surface area (Å²) in [4.78, 5) is 24.0. The van der Waals surface area contributed by atoms with Crippen LogP contribution in [0.5, 0.6) is 0 Å². The zero-order valence-electron chi connectivity index (χ0n) is 9.41. The number of carboxylic acids is 1. The van der Waals surface area contributed by atoms with Crippen molar-refractivity contribution in [3.63, 3.8) is 0 Å². The van der Waals surface area contributed by atoms with Crippen molar-refractivity contribution < 1.29 is 27.9 Å². The zero-order valence-corrected chi connectivity index (χ0v) is 9.41. The molecule has 3 fully saturated rings. The lowest BCUT2D eigenvalue weighted by atomic mass is 10.0. The summed E-state index contributed by atoms with van der Waals surface area (Å²) in [5, 5.41) is 9.04.